The van der Waals surface area contributed by atoms with Gasteiger partial charge in [-0.15, -0.1) is 0 Å². The molecule has 5 nitrogen and oxygen atoms in total. The van der Waals surface area contributed by atoms with Crippen LogP contribution in [0.2, 0.25) is 0 Å². The van der Waals surface area contributed by atoms with Gasteiger partial charge >= 0.3 is 0 Å². The molecule has 0 amide bonds. The van der Waals surface area contributed by atoms with E-state index >= 15 is 0 Å². The molecule has 0 spiro atoms. The van der Waals surface area contributed by atoms with Crippen molar-refractivity contribution in [2.24, 2.45) is 0 Å². The van der Waals surface area contributed by atoms with Gasteiger partial charge < -0.3 is 4.42 Å². The van der Waals surface area contributed by atoms with Gasteiger partial charge in [0.05, 0.1) is 5.41 Å². The van der Waals surface area contributed by atoms with Gasteiger partial charge in [-0.05, 0) is 86.7 Å². The molecule has 0 fully saturated rings. The number of oxazole rings is 1. The minimum absolute atomic E-state index is 0.560. The largest absolute Gasteiger partial charge is 0.436 e. The number of hydrogen-bond donors (Lipinski definition) is 0. The smallest absolute Gasteiger partial charge is 0.227 e. The number of fused-ring (bicyclic) bond motifs is 5. The van der Waals surface area contributed by atoms with E-state index in [1.165, 1.54) is 44.5 Å². The van der Waals surface area contributed by atoms with Crippen LogP contribution in [-0.4, -0.2) is 19.9 Å². The molecule has 0 aliphatic heterocycles. The predicted octanol–water partition coefficient (Wildman–Crippen LogP) is 14.3. The SMILES string of the molecule is C1=C(c2ccccc2)CCC(c2nc(-c3ccc(-c4ccccc4)cc3)nc(-c3ccc(-c4nc5c6c(ccc5o4)-c4ccccc4C6(c4ccccc4)c4ccccc4)cc3)n2)=C1. The van der Waals surface area contributed by atoms with Crippen molar-refractivity contribution >= 4 is 22.2 Å². The fourth-order valence-corrected chi connectivity index (χ4v) is 9.74. The predicted molar refractivity (Wildman–Crippen MR) is 258 cm³/mol. The molecule has 302 valence electrons. The van der Waals surface area contributed by atoms with Gasteiger partial charge in [0.2, 0.25) is 5.89 Å². The summed E-state index contributed by atoms with van der Waals surface area (Å²) in [5.41, 5.74) is 16.8. The van der Waals surface area contributed by atoms with Gasteiger partial charge in [-0.1, -0.05) is 200 Å². The summed E-state index contributed by atoms with van der Waals surface area (Å²) in [6.45, 7) is 0. The molecule has 64 heavy (non-hydrogen) atoms. The normalized spacial score (nSPS) is 13.8. The first-order chi connectivity index (χ1) is 31.7. The summed E-state index contributed by atoms with van der Waals surface area (Å²) in [5, 5.41) is 0. The Morgan fingerprint density at radius 1 is 0.359 bits per heavy atom. The number of allylic oxidation sites excluding steroid dienone is 4. The second-order valence-corrected chi connectivity index (χ2v) is 16.5. The average Bonchev–Trinajstić information content (AvgIpc) is 3.96. The second kappa shape index (κ2) is 15.6. The molecule has 0 atom stereocenters. The molecule has 0 unspecified atom stereocenters. The molecule has 12 rings (SSSR count). The number of aromatic nitrogens is 4. The summed E-state index contributed by atoms with van der Waals surface area (Å²) < 4.78 is 6.68. The Morgan fingerprint density at radius 2 is 0.844 bits per heavy atom. The minimum Gasteiger partial charge on any atom is -0.436 e. The van der Waals surface area contributed by atoms with Crippen LogP contribution in [0.3, 0.4) is 0 Å². The lowest BCUT2D eigenvalue weighted by Crippen LogP contribution is -2.28. The van der Waals surface area contributed by atoms with Gasteiger partial charge in [0, 0.05) is 22.3 Å². The van der Waals surface area contributed by atoms with E-state index in [-0.39, 0.29) is 0 Å². The van der Waals surface area contributed by atoms with Crippen molar-refractivity contribution in [1.82, 2.24) is 19.9 Å². The van der Waals surface area contributed by atoms with Gasteiger partial charge in [0.15, 0.2) is 23.1 Å². The van der Waals surface area contributed by atoms with Gasteiger partial charge in [0.25, 0.3) is 0 Å². The quantitative estimate of drug-likeness (QED) is 0.153. The van der Waals surface area contributed by atoms with Crippen molar-refractivity contribution in [3.8, 4) is 56.5 Å². The van der Waals surface area contributed by atoms with E-state index in [1.54, 1.807) is 0 Å². The molecule has 2 aliphatic rings. The van der Waals surface area contributed by atoms with Gasteiger partial charge in [0.1, 0.15) is 5.52 Å². The van der Waals surface area contributed by atoms with E-state index < -0.39 is 5.41 Å². The zero-order chi connectivity index (χ0) is 42.5. The summed E-state index contributed by atoms with van der Waals surface area (Å²) in [5.74, 6) is 2.50. The summed E-state index contributed by atoms with van der Waals surface area (Å²) in [6, 6.07) is 72.3. The Balaban J connectivity index is 0.948. The highest BCUT2D eigenvalue weighted by atomic mass is 16.3. The van der Waals surface area contributed by atoms with E-state index in [2.05, 4.69) is 212 Å². The Morgan fingerprint density at radius 3 is 1.45 bits per heavy atom. The van der Waals surface area contributed by atoms with E-state index in [0.717, 1.165) is 57.3 Å². The lowest BCUT2D eigenvalue weighted by atomic mass is 9.67. The maximum atomic E-state index is 6.68. The van der Waals surface area contributed by atoms with E-state index in [1.807, 2.05) is 6.07 Å². The van der Waals surface area contributed by atoms with E-state index in [9.17, 15) is 0 Å². The third-order valence-corrected chi connectivity index (χ3v) is 12.8. The number of rotatable bonds is 8. The zero-order valence-electron chi connectivity index (χ0n) is 34.9. The summed E-state index contributed by atoms with van der Waals surface area (Å²) >= 11 is 0. The van der Waals surface area contributed by atoms with Crippen LogP contribution < -0.4 is 0 Å². The van der Waals surface area contributed by atoms with E-state index in [0.29, 0.717) is 23.4 Å². The molecule has 2 aliphatic carbocycles. The van der Waals surface area contributed by atoms with Crippen LogP contribution in [-0.2, 0) is 5.41 Å². The topological polar surface area (TPSA) is 64.7 Å². The van der Waals surface area contributed by atoms with E-state index in [4.69, 9.17) is 24.4 Å². The Kier molecular flexibility index (Phi) is 9.12. The Labute approximate surface area is 371 Å². The first-order valence-electron chi connectivity index (χ1n) is 21.8. The fraction of sp³-hybridized carbons (Fsp3) is 0.0508. The molecule has 0 radical (unpaired) electrons. The molecule has 10 aromatic rings. The van der Waals surface area contributed by atoms with Crippen LogP contribution in [0, 0.1) is 0 Å². The highest BCUT2D eigenvalue weighted by molar-refractivity contribution is 5.97. The van der Waals surface area contributed by atoms with Crippen LogP contribution in [0.15, 0.2) is 223 Å². The number of hydrogen-bond acceptors (Lipinski definition) is 5. The molecule has 0 saturated heterocycles. The lowest BCUT2D eigenvalue weighted by molar-refractivity contribution is 0.620. The van der Waals surface area contributed by atoms with Crippen molar-refractivity contribution in [1.29, 1.82) is 0 Å². The van der Waals surface area contributed by atoms with Crippen molar-refractivity contribution < 1.29 is 4.42 Å². The Bertz CT molecular complexity index is 3350. The molecule has 0 saturated carbocycles. The number of benzene rings is 8. The highest BCUT2D eigenvalue weighted by Crippen LogP contribution is 2.58. The molecule has 5 heteroatoms. The maximum Gasteiger partial charge on any atom is 0.227 e. The van der Waals surface area contributed by atoms with Crippen LogP contribution in [0.1, 0.15) is 46.5 Å². The summed E-state index contributed by atoms with van der Waals surface area (Å²) in [6.07, 6.45) is 6.12. The Hall–Kier alpha value is -8.28. The van der Waals surface area contributed by atoms with Crippen molar-refractivity contribution in [3.63, 3.8) is 0 Å². The van der Waals surface area contributed by atoms with Crippen LogP contribution in [0.5, 0.6) is 0 Å². The lowest BCUT2D eigenvalue weighted by Gasteiger charge is -2.33. The van der Waals surface area contributed by atoms with Crippen molar-refractivity contribution in [3.05, 3.63) is 252 Å². The molecule has 2 aromatic heterocycles. The standard InChI is InChI=1S/C59H40N4O/c1-5-15-39(16-6-1)41-25-29-43(30-26-41)55-61-56(44-31-27-42(28-32-44)40-17-7-2-8-18-40)63-57(62-55)45-33-35-46(36-34-45)58-60-54-52(64-58)38-37-50-49-23-13-14-24-51(49)59(53(50)54,47-19-9-3-10-20-47)48-21-11-4-12-22-48/h1-27,29-31,33-38H,28,32H2. The third-order valence-electron chi connectivity index (χ3n) is 12.8. The van der Waals surface area contributed by atoms with Gasteiger partial charge in [-0.3, -0.25) is 0 Å². The van der Waals surface area contributed by atoms with Gasteiger partial charge in [-0.25, -0.2) is 19.9 Å². The molecular weight excluding hydrogens is 781 g/mol. The second-order valence-electron chi connectivity index (χ2n) is 16.5. The van der Waals surface area contributed by atoms with Crippen LogP contribution in [0.4, 0.5) is 0 Å². The molecule has 8 aromatic carbocycles. The highest BCUT2D eigenvalue weighted by Gasteiger charge is 2.48. The molecule has 0 bridgehead atoms. The third kappa shape index (κ3) is 6.32. The first kappa shape index (κ1) is 37.5. The first-order valence-corrected chi connectivity index (χ1v) is 21.8. The molecule has 0 N–H and O–H groups in total. The summed E-state index contributed by atoms with van der Waals surface area (Å²) in [7, 11) is 0. The fourth-order valence-electron chi connectivity index (χ4n) is 9.74. The monoisotopic (exact) mass is 820 g/mol. The van der Waals surface area contributed by atoms with Crippen molar-refractivity contribution in [2.45, 2.75) is 18.3 Å². The van der Waals surface area contributed by atoms with Crippen LogP contribution in [0.25, 0.3) is 78.7 Å². The van der Waals surface area contributed by atoms with Crippen LogP contribution >= 0.6 is 0 Å². The maximum absolute atomic E-state index is 6.68. The van der Waals surface area contributed by atoms with Gasteiger partial charge in [-0.2, -0.15) is 0 Å². The van der Waals surface area contributed by atoms with Crippen molar-refractivity contribution in [2.75, 3.05) is 0 Å². The zero-order valence-corrected chi connectivity index (χ0v) is 34.9. The summed E-state index contributed by atoms with van der Waals surface area (Å²) in [4.78, 5) is 20.7. The molecular formula is C59H40N4O. The number of nitrogens with zero attached hydrogens (tertiary/aromatic N) is 4. The minimum atomic E-state index is -0.589. The average molecular weight is 821 g/mol. The molecule has 2 heterocycles.